The van der Waals surface area contributed by atoms with Gasteiger partial charge in [0.05, 0.1) is 7.11 Å². The molecule has 0 aliphatic rings. The van der Waals surface area contributed by atoms with Crippen molar-refractivity contribution in [2.75, 3.05) is 19.5 Å². The molecule has 3 aromatic rings. The summed E-state index contributed by atoms with van der Waals surface area (Å²) < 4.78 is 48.0. The van der Waals surface area contributed by atoms with Crippen LogP contribution >= 0.6 is 0 Å². The highest BCUT2D eigenvalue weighted by molar-refractivity contribution is 5.95. The zero-order valence-electron chi connectivity index (χ0n) is 17.6. The summed E-state index contributed by atoms with van der Waals surface area (Å²) in [6.07, 6.45) is 0. The third kappa shape index (κ3) is 6.01. The minimum absolute atomic E-state index is 0.0671. The number of anilines is 1. The van der Waals surface area contributed by atoms with Crippen molar-refractivity contribution in [2.45, 2.75) is 19.2 Å². The minimum atomic E-state index is -2.96. The third-order valence-corrected chi connectivity index (χ3v) is 4.79. The highest BCUT2D eigenvalue weighted by Crippen LogP contribution is 2.31. The van der Waals surface area contributed by atoms with Crippen molar-refractivity contribution in [3.63, 3.8) is 0 Å². The summed E-state index contributed by atoms with van der Waals surface area (Å²) in [5.74, 6) is -0.589. The Hall–Kier alpha value is -3.52. The van der Waals surface area contributed by atoms with E-state index >= 15 is 0 Å². The number of benzene rings is 3. The summed E-state index contributed by atoms with van der Waals surface area (Å²) in [5, 5.41) is 2.81. The van der Waals surface area contributed by atoms with Crippen molar-refractivity contribution in [3.05, 3.63) is 89.7 Å². The van der Waals surface area contributed by atoms with Crippen LogP contribution in [0.1, 0.15) is 17.2 Å². The Morgan fingerprint density at radius 2 is 1.69 bits per heavy atom. The Bertz CT molecular complexity index is 1030. The first-order valence-electron chi connectivity index (χ1n) is 9.80. The van der Waals surface area contributed by atoms with E-state index in [4.69, 9.17) is 4.74 Å². The highest BCUT2D eigenvalue weighted by Gasteiger charge is 2.26. The number of carbonyl (C=O) groups is 1. The molecule has 8 heteroatoms. The lowest BCUT2D eigenvalue weighted by Crippen LogP contribution is -2.34. The number of carbonyl (C=O) groups excluding carboxylic acids is 1. The topological polar surface area (TPSA) is 50.8 Å². The van der Waals surface area contributed by atoms with E-state index in [1.807, 2.05) is 35.2 Å². The van der Waals surface area contributed by atoms with Gasteiger partial charge in [-0.15, -0.1) is 0 Å². The molecular formula is C24H23F3N2O3. The first-order valence-corrected chi connectivity index (χ1v) is 9.80. The Balaban J connectivity index is 1.83. The van der Waals surface area contributed by atoms with Gasteiger partial charge in [0.15, 0.2) is 11.5 Å². The van der Waals surface area contributed by atoms with Crippen LogP contribution in [0.25, 0.3) is 0 Å². The monoisotopic (exact) mass is 444 g/mol. The number of likely N-dealkylation sites (N-methyl/N-ethyl adjacent to an activating group) is 1. The maximum absolute atomic E-state index is 13.2. The fraction of sp³-hybridized carbons (Fsp3) is 0.208. The summed E-state index contributed by atoms with van der Waals surface area (Å²) in [4.78, 5) is 15.0. The average molecular weight is 444 g/mol. The molecule has 0 aromatic heterocycles. The van der Waals surface area contributed by atoms with Crippen molar-refractivity contribution in [1.82, 2.24) is 4.90 Å². The van der Waals surface area contributed by atoms with Crippen LogP contribution < -0.4 is 14.8 Å². The zero-order valence-corrected chi connectivity index (χ0v) is 17.6. The molecule has 3 rings (SSSR count). The van der Waals surface area contributed by atoms with Crippen molar-refractivity contribution >= 4 is 11.6 Å². The summed E-state index contributed by atoms with van der Waals surface area (Å²) in [6.45, 7) is -2.64. The van der Waals surface area contributed by atoms with Crippen LogP contribution in [0.4, 0.5) is 18.9 Å². The fourth-order valence-corrected chi connectivity index (χ4v) is 3.37. The molecule has 0 bridgehead atoms. The van der Waals surface area contributed by atoms with Crippen LogP contribution in [0.5, 0.6) is 11.5 Å². The van der Waals surface area contributed by atoms with Gasteiger partial charge in [-0.1, -0.05) is 36.4 Å². The molecule has 32 heavy (non-hydrogen) atoms. The van der Waals surface area contributed by atoms with E-state index in [2.05, 4.69) is 10.1 Å². The number of amides is 1. The van der Waals surface area contributed by atoms with Crippen LogP contribution in [-0.2, 0) is 11.3 Å². The molecule has 5 nitrogen and oxygen atoms in total. The second-order valence-corrected chi connectivity index (χ2v) is 7.09. The number of hydrogen-bond donors (Lipinski definition) is 1. The number of ether oxygens (including phenoxy) is 2. The SMILES string of the molecule is COc1cc(CN(C)C(C(=O)Nc2ccc(F)cc2)c2ccccc2)ccc1OC(F)F. The maximum Gasteiger partial charge on any atom is 0.387 e. The molecular weight excluding hydrogens is 421 g/mol. The standard InChI is InChI=1S/C24H23F3N2O3/c1-29(15-16-8-13-20(32-24(26)27)21(14-16)31-2)22(17-6-4-3-5-7-17)23(30)28-19-11-9-18(25)10-12-19/h3-14,22,24H,15H2,1-2H3,(H,28,30). The maximum atomic E-state index is 13.2. The number of nitrogens with one attached hydrogen (secondary N) is 1. The largest absolute Gasteiger partial charge is 0.493 e. The van der Waals surface area contributed by atoms with Crippen LogP contribution in [0.3, 0.4) is 0 Å². The Morgan fingerprint density at radius 3 is 2.31 bits per heavy atom. The van der Waals surface area contributed by atoms with Gasteiger partial charge < -0.3 is 14.8 Å². The predicted octanol–water partition coefficient (Wildman–Crippen LogP) is 5.25. The molecule has 0 saturated carbocycles. The van der Waals surface area contributed by atoms with Gasteiger partial charge in [0.25, 0.3) is 0 Å². The Labute approximate surface area is 184 Å². The quantitative estimate of drug-likeness (QED) is 0.490. The van der Waals surface area contributed by atoms with Crippen LogP contribution in [0.15, 0.2) is 72.8 Å². The van der Waals surface area contributed by atoms with Gasteiger partial charge in [-0.3, -0.25) is 9.69 Å². The Kier molecular flexibility index (Phi) is 7.72. The van der Waals surface area contributed by atoms with Gasteiger partial charge >= 0.3 is 6.61 Å². The molecule has 0 heterocycles. The van der Waals surface area contributed by atoms with Crippen LogP contribution in [-0.4, -0.2) is 31.6 Å². The van der Waals surface area contributed by atoms with E-state index in [9.17, 15) is 18.0 Å². The van der Waals surface area contributed by atoms with Gasteiger partial charge in [0.2, 0.25) is 5.91 Å². The summed E-state index contributed by atoms with van der Waals surface area (Å²) >= 11 is 0. The summed E-state index contributed by atoms with van der Waals surface area (Å²) in [5.41, 5.74) is 1.97. The molecule has 1 amide bonds. The summed E-state index contributed by atoms with van der Waals surface area (Å²) in [6, 6.07) is 18.7. The lowest BCUT2D eigenvalue weighted by molar-refractivity contribution is -0.121. The molecule has 3 aromatic carbocycles. The molecule has 0 aliphatic heterocycles. The van der Waals surface area contributed by atoms with E-state index < -0.39 is 18.5 Å². The molecule has 0 radical (unpaired) electrons. The normalized spacial score (nSPS) is 12.0. The van der Waals surface area contributed by atoms with Gasteiger partial charge in [-0.2, -0.15) is 8.78 Å². The number of methoxy groups -OCH3 is 1. The smallest absolute Gasteiger partial charge is 0.387 e. The van der Waals surface area contributed by atoms with E-state index in [0.29, 0.717) is 12.2 Å². The Morgan fingerprint density at radius 1 is 1.00 bits per heavy atom. The average Bonchev–Trinajstić information content (AvgIpc) is 2.77. The molecule has 1 unspecified atom stereocenters. The number of hydrogen-bond acceptors (Lipinski definition) is 4. The molecule has 1 atom stereocenters. The number of halogens is 3. The second-order valence-electron chi connectivity index (χ2n) is 7.09. The van der Waals surface area contributed by atoms with Gasteiger partial charge in [-0.05, 0) is 54.6 Å². The van der Waals surface area contributed by atoms with Gasteiger partial charge in [-0.25, -0.2) is 4.39 Å². The third-order valence-electron chi connectivity index (χ3n) is 4.79. The lowest BCUT2D eigenvalue weighted by Gasteiger charge is -2.28. The van der Waals surface area contributed by atoms with Crippen molar-refractivity contribution < 1.29 is 27.4 Å². The molecule has 168 valence electrons. The predicted molar refractivity (Wildman–Crippen MR) is 115 cm³/mol. The van der Waals surface area contributed by atoms with Crippen LogP contribution in [0.2, 0.25) is 0 Å². The number of alkyl halides is 2. The molecule has 0 saturated heterocycles. The van der Waals surface area contributed by atoms with Gasteiger partial charge in [0.1, 0.15) is 11.9 Å². The van der Waals surface area contributed by atoms with Crippen molar-refractivity contribution in [3.8, 4) is 11.5 Å². The first-order chi connectivity index (χ1) is 15.4. The van der Waals surface area contributed by atoms with Crippen molar-refractivity contribution in [1.29, 1.82) is 0 Å². The molecule has 0 spiro atoms. The van der Waals surface area contributed by atoms with Gasteiger partial charge in [0, 0.05) is 12.2 Å². The zero-order chi connectivity index (χ0) is 23.1. The second kappa shape index (κ2) is 10.7. The first kappa shape index (κ1) is 23.1. The van der Waals surface area contributed by atoms with Crippen LogP contribution in [0, 0.1) is 5.82 Å². The minimum Gasteiger partial charge on any atom is -0.493 e. The van der Waals surface area contributed by atoms with Crippen molar-refractivity contribution in [2.24, 2.45) is 0 Å². The van der Waals surface area contributed by atoms with E-state index in [0.717, 1.165) is 11.1 Å². The highest BCUT2D eigenvalue weighted by atomic mass is 19.3. The number of nitrogens with zero attached hydrogens (tertiary/aromatic N) is 1. The molecule has 0 aliphatic carbocycles. The van der Waals surface area contributed by atoms with E-state index in [-0.39, 0.29) is 17.4 Å². The lowest BCUT2D eigenvalue weighted by atomic mass is 10.0. The van der Waals surface area contributed by atoms with E-state index in [1.165, 1.54) is 37.4 Å². The molecule has 1 N–H and O–H groups in total. The number of rotatable bonds is 9. The summed E-state index contributed by atoms with van der Waals surface area (Å²) in [7, 11) is 3.14. The van der Waals surface area contributed by atoms with E-state index in [1.54, 1.807) is 19.2 Å². The fourth-order valence-electron chi connectivity index (χ4n) is 3.37. The molecule has 0 fully saturated rings.